The van der Waals surface area contributed by atoms with Gasteiger partial charge in [-0.1, -0.05) is 0 Å². The molecule has 0 saturated carbocycles. The number of halogens is 8. The van der Waals surface area contributed by atoms with Gasteiger partial charge < -0.3 is 10.6 Å². The molecule has 0 aliphatic rings. The van der Waals surface area contributed by atoms with Crippen molar-refractivity contribution >= 4 is 56.1 Å². The predicted molar refractivity (Wildman–Crippen MR) is 96.7 cm³/mol. The van der Waals surface area contributed by atoms with Crippen LogP contribution in [0.1, 0.15) is 11.1 Å². The fourth-order valence-corrected chi connectivity index (χ4v) is 3.33. The van der Waals surface area contributed by atoms with Crippen molar-refractivity contribution in [3.8, 4) is 11.1 Å². The lowest BCUT2D eigenvalue weighted by Gasteiger charge is -2.20. The first-order valence-corrected chi connectivity index (χ1v) is 8.71. The number of hydrogen-bond donors (Lipinski definition) is 2. The average molecular weight is 534 g/mol. The highest BCUT2D eigenvalue weighted by molar-refractivity contribution is 9.11. The van der Waals surface area contributed by atoms with Gasteiger partial charge in [-0.3, -0.25) is 9.59 Å². The molecule has 0 radical (unpaired) electrons. The van der Waals surface area contributed by atoms with Crippen molar-refractivity contribution in [3.63, 3.8) is 0 Å². The van der Waals surface area contributed by atoms with Crippen LogP contribution >= 0.6 is 31.9 Å². The molecule has 0 saturated heterocycles. The summed E-state index contributed by atoms with van der Waals surface area (Å²) in [6.07, 6.45) is -9.75. The van der Waals surface area contributed by atoms with Gasteiger partial charge in [0.1, 0.15) is 0 Å². The molecule has 0 atom stereocenters. The zero-order chi connectivity index (χ0) is 21.3. The molecular weight excluding hydrogens is 526 g/mol. The number of anilines is 2. The fourth-order valence-electron chi connectivity index (χ4n) is 2.41. The third-order valence-corrected chi connectivity index (χ3v) is 4.86. The molecule has 0 aliphatic heterocycles. The van der Waals surface area contributed by atoms with E-state index in [1.54, 1.807) is 0 Å². The zero-order valence-corrected chi connectivity index (χ0v) is 16.5. The summed E-state index contributed by atoms with van der Waals surface area (Å²) in [5.41, 5.74) is -4.82. The Morgan fingerprint density at radius 2 is 1.00 bits per heavy atom. The number of carbonyl (C=O) groups excluding carboxylic acids is 2. The van der Waals surface area contributed by atoms with Crippen molar-refractivity contribution in [2.45, 2.75) is 12.4 Å². The van der Waals surface area contributed by atoms with E-state index < -0.39 is 34.6 Å². The molecule has 0 fully saturated rings. The first-order chi connectivity index (χ1) is 12.9. The highest BCUT2D eigenvalue weighted by Gasteiger charge is 2.39. The number of carbonyl (C=O) groups is 2. The minimum Gasteiger partial charge on any atom is -0.328 e. The van der Waals surface area contributed by atoms with Gasteiger partial charge in [0.2, 0.25) is 12.8 Å². The summed E-state index contributed by atoms with van der Waals surface area (Å²) < 4.78 is 81.1. The van der Waals surface area contributed by atoms with Crippen molar-refractivity contribution in [2.75, 3.05) is 10.6 Å². The Hall–Kier alpha value is -2.08. The Kier molecular flexibility index (Phi) is 6.44. The number of nitrogens with one attached hydrogen (secondary N) is 2. The summed E-state index contributed by atoms with van der Waals surface area (Å²) in [4.78, 5) is 21.1. The highest BCUT2D eigenvalue weighted by Crippen LogP contribution is 2.47. The minimum absolute atomic E-state index is 0.0538. The van der Waals surface area contributed by atoms with Gasteiger partial charge >= 0.3 is 12.4 Å². The standard InChI is InChI=1S/C16H8Br2F6N2O2/c17-11-1-7(9(15(19,20)21)3-13(11)25-5-27)8-2-12(18)14(26-6-28)4-10(8)16(22,23)24/h1-6H,(H,25,27)(H,26,28). The number of benzene rings is 2. The third kappa shape index (κ3) is 4.66. The van der Waals surface area contributed by atoms with E-state index in [-0.39, 0.29) is 33.1 Å². The molecule has 2 aromatic rings. The van der Waals surface area contributed by atoms with Gasteiger partial charge in [0.15, 0.2) is 0 Å². The van der Waals surface area contributed by atoms with Crippen LogP contribution in [0.5, 0.6) is 0 Å². The Balaban J connectivity index is 2.90. The second kappa shape index (κ2) is 8.11. The van der Waals surface area contributed by atoms with Crippen LogP contribution in [0.2, 0.25) is 0 Å². The summed E-state index contributed by atoms with van der Waals surface area (Å²) in [7, 11) is 0. The maximum absolute atomic E-state index is 13.5. The number of alkyl halides is 6. The van der Waals surface area contributed by atoms with Crippen molar-refractivity contribution in [2.24, 2.45) is 0 Å². The Morgan fingerprint density at radius 3 is 1.25 bits per heavy atom. The molecule has 150 valence electrons. The molecule has 2 rings (SSSR count). The third-order valence-electron chi connectivity index (χ3n) is 3.54. The van der Waals surface area contributed by atoms with Crippen molar-refractivity contribution in [1.82, 2.24) is 0 Å². The topological polar surface area (TPSA) is 58.2 Å². The van der Waals surface area contributed by atoms with E-state index in [2.05, 4.69) is 31.9 Å². The van der Waals surface area contributed by atoms with Gasteiger partial charge in [0, 0.05) is 8.95 Å². The number of hydrogen-bond acceptors (Lipinski definition) is 2. The lowest BCUT2D eigenvalue weighted by atomic mass is 9.93. The lowest BCUT2D eigenvalue weighted by Crippen LogP contribution is -2.13. The molecule has 4 nitrogen and oxygen atoms in total. The maximum Gasteiger partial charge on any atom is 0.417 e. The monoisotopic (exact) mass is 532 g/mol. The van der Waals surface area contributed by atoms with Crippen LogP contribution in [0.25, 0.3) is 11.1 Å². The quantitative estimate of drug-likeness (QED) is 0.363. The largest absolute Gasteiger partial charge is 0.417 e. The van der Waals surface area contributed by atoms with Gasteiger partial charge in [-0.25, -0.2) is 0 Å². The van der Waals surface area contributed by atoms with Gasteiger partial charge in [-0.15, -0.1) is 0 Å². The van der Waals surface area contributed by atoms with E-state index in [1.807, 2.05) is 10.6 Å². The first kappa shape index (κ1) is 22.2. The van der Waals surface area contributed by atoms with Crippen molar-refractivity contribution in [1.29, 1.82) is 0 Å². The Bertz CT molecular complexity index is 853. The zero-order valence-electron chi connectivity index (χ0n) is 13.3. The maximum atomic E-state index is 13.5. The van der Waals surface area contributed by atoms with Gasteiger partial charge in [-0.2, -0.15) is 26.3 Å². The van der Waals surface area contributed by atoms with Crippen LogP contribution in [0, 0.1) is 0 Å². The van der Waals surface area contributed by atoms with Crippen molar-refractivity contribution < 1.29 is 35.9 Å². The SMILES string of the molecule is O=CNc1cc(C(F)(F)F)c(-c2cc(Br)c(NC=O)cc2C(F)(F)F)cc1Br. The van der Waals surface area contributed by atoms with Crippen molar-refractivity contribution in [3.05, 3.63) is 44.3 Å². The molecule has 0 heterocycles. The molecular formula is C16H8Br2F6N2O2. The van der Waals surface area contributed by atoms with E-state index >= 15 is 0 Å². The Labute approximate surface area is 170 Å². The number of amides is 2. The lowest BCUT2D eigenvalue weighted by molar-refractivity contribution is -0.139. The molecule has 0 unspecified atom stereocenters. The fraction of sp³-hybridized carbons (Fsp3) is 0.125. The van der Waals surface area contributed by atoms with E-state index in [0.717, 1.165) is 12.1 Å². The first-order valence-electron chi connectivity index (χ1n) is 7.12. The summed E-state index contributed by atoms with van der Waals surface area (Å²) in [5, 5.41) is 4.08. The van der Waals surface area contributed by atoms with E-state index in [4.69, 9.17) is 0 Å². The molecule has 0 spiro atoms. The van der Waals surface area contributed by atoms with E-state index in [1.165, 1.54) is 0 Å². The highest BCUT2D eigenvalue weighted by atomic mass is 79.9. The van der Waals surface area contributed by atoms with Gasteiger partial charge in [-0.05, 0) is 67.3 Å². The second-order valence-electron chi connectivity index (χ2n) is 5.28. The normalized spacial score (nSPS) is 11.9. The number of rotatable bonds is 5. The molecule has 0 aliphatic carbocycles. The summed E-state index contributed by atoms with van der Waals surface area (Å²) in [5.74, 6) is 0. The van der Waals surface area contributed by atoms with Gasteiger partial charge in [0.25, 0.3) is 0 Å². The van der Waals surface area contributed by atoms with E-state index in [9.17, 15) is 35.9 Å². The van der Waals surface area contributed by atoms with Crippen LogP contribution in [-0.4, -0.2) is 12.8 Å². The molecule has 2 N–H and O–H groups in total. The molecule has 12 heteroatoms. The second-order valence-corrected chi connectivity index (χ2v) is 6.98. The van der Waals surface area contributed by atoms with Crippen LogP contribution in [-0.2, 0) is 21.9 Å². The smallest absolute Gasteiger partial charge is 0.328 e. The minimum atomic E-state index is -5.01. The molecule has 28 heavy (non-hydrogen) atoms. The summed E-state index contributed by atoms with van der Waals surface area (Å²) >= 11 is 5.88. The van der Waals surface area contributed by atoms with Gasteiger partial charge in [0.05, 0.1) is 22.5 Å². The Morgan fingerprint density at radius 1 is 0.679 bits per heavy atom. The summed E-state index contributed by atoms with van der Waals surface area (Å²) in [6, 6.07) is 2.72. The van der Waals surface area contributed by atoms with Crippen LogP contribution in [0.4, 0.5) is 37.7 Å². The predicted octanol–water partition coefficient (Wildman–Crippen LogP) is 6.05. The molecule has 0 bridgehead atoms. The van der Waals surface area contributed by atoms with Crippen LogP contribution in [0.15, 0.2) is 33.2 Å². The molecule has 2 aromatic carbocycles. The van der Waals surface area contributed by atoms with Crippen LogP contribution < -0.4 is 10.6 Å². The molecule has 2 amide bonds. The molecule has 0 aromatic heterocycles. The summed E-state index contributed by atoms with van der Waals surface area (Å²) in [6.45, 7) is 0. The van der Waals surface area contributed by atoms with E-state index in [0.29, 0.717) is 12.1 Å². The van der Waals surface area contributed by atoms with Crippen LogP contribution in [0.3, 0.4) is 0 Å². The average Bonchev–Trinajstić information content (AvgIpc) is 2.56.